The minimum atomic E-state index is 0.961. The van der Waals surface area contributed by atoms with Gasteiger partial charge in [0, 0.05) is 28.9 Å². The first-order chi connectivity index (χ1) is 19.7. The van der Waals surface area contributed by atoms with Gasteiger partial charge < -0.3 is 4.57 Å². The van der Waals surface area contributed by atoms with Crippen molar-refractivity contribution in [3.05, 3.63) is 156 Å². The van der Waals surface area contributed by atoms with E-state index in [0.717, 1.165) is 12.8 Å². The van der Waals surface area contributed by atoms with E-state index in [1.165, 1.54) is 77.4 Å². The average Bonchev–Trinajstić information content (AvgIpc) is 3.52. The van der Waals surface area contributed by atoms with Crippen LogP contribution in [0.5, 0.6) is 0 Å². The van der Waals surface area contributed by atoms with Gasteiger partial charge in [-0.05, 0) is 86.7 Å². The molecular formula is C39H29N. The van der Waals surface area contributed by atoms with Gasteiger partial charge in [-0.15, -0.1) is 0 Å². The molecule has 40 heavy (non-hydrogen) atoms. The van der Waals surface area contributed by atoms with Gasteiger partial charge in [0.15, 0.2) is 0 Å². The van der Waals surface area contributed by atoms with Gasteiger partial charge >= 0.3 is 0 Å². The highest BCUT2D eigenvalue weighted by Crippen LogP contribution is 2.40. The molecule has 0 saturated carbocycles. The zero-order valence-electron chi connectivity index (χ0n) is 22.6. The van der Waals surface area contributed by atoms with Gasteiger partial charge in [-0.2, -0.15) is 0 Å². The predicted molar refractivity (Wildman–Crippen MR) is 169 cm³/mol. The molecule has 0 saturated heterocycles. The van der Waals surface area contributed by atoms with Crippen molar-refractivity contribution in [1.29, 1.82) is 0 Å². The molecule has 1 heteroatoms. The van der Waals surface area contributed by atoms with E-state index in [9.17, 15) is 0 Å². The fourth-order valence-corrected chi connectivity index (χ4v) is 6.54. The number of fused-ring (bicyclic) bond motifs is 6. The van der Waals surface area contributed by atoms with Gasteiger partial charge in [0.25, 0.3) is 0 Å². The Bertz CT molecular complexity index is 2040. The van der Waals surface area contributed by atoms with Crippen LogP contribution in [0, 0.1) is 0 Å². The maximum atomic E-state index is 2.39. The van der Waals surface area contributed by atoms with Crippen molar-refractivity contribution >= 4 is 21.8 Å². The van der Waals surface area contributed by atoms with E-state index >= 15 is 0 Å². The molecular weight excluding hydrogens is 482 g/mol. The molecule has 1 aromatic heterocycles. The van der Waals surface area contributed by atoms with Crippen LogP contribution < -0.4 is 0 Å². The first kappa shape index (κ1) is 23.0. The SMILES string of the molecule is Cn1c2ccc(-c3ccc4c(c3)Cc3ccccc3-4)cc2c2ccc(-c3ccc(Cc4ccccc4)cc3)cc21. The number of rotatable bonds is 4. The van der Waals surface area contributed by atoms with E-state index < -0.39 is 0 Å². The summed E-state index contributed by atoms with van der Waals surface area (Å²) in [5, 5.41) is 2.61. The normalized spacial score (nSPS) is 12.1. The van der Waals surface area contributed by atoms with Crippen LogP contribution in [-0.2, 0) is 19.9 Å². The summed E-state index contributed by atoms with van der Waals surface area (Å²) in [5.41, 5.74) is 15.9. The minimum Gasteiger partial charge on any atom is -0.344 e. The quantitative estimate of drug-likeness (QED) is 0.222. The third-order valence-corrected chi connectivity index (χ3v) is 8.67. The number of benzene rings is 6. The van der Waals surface area contributed by atoms with Crippen LogP contribution in [0.4, 0.5) is 0 Å². The van der Waals surface area contributed by atoms with E-state index in [1.54, 1.807) is 0 Å². The van der Waals surface area contributed by atoms with Gasteiger partial charge in [-0.3, -0.25) is 0 Å². The Hall–Kier alpha value is -4.88. The van der Waals surface area contributed by atoms with Crippen LogP contribution in [0.25, 0.3) is 55.2 Å². The first-order valence-electron chi connectivity index (χ1n) is 14.1. The summed E-state index contributed by atoms with van der Waals surface area (Å²) in [5.74, 6) is 0. The summed E-state index contributed by atoms with van der Waals surface area (Å²) in [6.45, 7) is 0. The standard InChI is InChI=1S/C39H29N/c1-40-38-20-17-30(29-15-18-35-33(22-29)23-32-9-5-6-10-34(32)35)24-37(38)36-19-16-31(25-39(36)40)28-13-11-27(12-14-28)21-26-7-3-2-4-8-26/h2-20,22,24-25H,21,23H2,1H3. The third-order valence-electron chi connectivity index (χ3n) is 8.67. The van der Waals surface area contributed by atoms with Crippen LogP contribution in [-0.4, -0.2) is 4.57 Å². The summed E-state index contributed by atoms with van der Waals surface area (Å²) in [4.78, 5) is 0. The van der Waals surface area contributed by atoms with Gasteiger partial charge in [0.05, 0.1) is 0 Å². The van der Waals surface area contributed by atoms with Gasteiger partial charge in [-0.1, -0.05) is 115 Å². The monoisotopic (exact) mass is 511 g/mol. The number of aryl methyl sites for hydroxylation is 1. The minimum absolute atomic E-state index is 0.961. The van der Waals surface area contributed by atoms with E-state index in [1.807, 2.05) is 0 Å². The number of nitrogens with zero attached hydrogens (tertiary/aromatic N) is 1. The van der Waals surface area contributed by atoms with Crippen molar-refractivity contribution in [3.8, 4) is 33.4 Å². The highest BCUT2D eigenvalue weighted by Gasteiger charge is 2.18. The maximum Gasteiger partial charge on any atom is 0.0494 e. The lowest BCUT2D eigenvalue weighted by atomic mass is 9.97. The Labute approximate surface area is 235 Å². The third kappa shape index (κ3) is 3.78. The molecule has 0 bridgehead atoms. The van der Waals surface area contributed by atoms with E-state index in [2.05, 4.69) is 145 Å². The van der Waals surface area contributed by atoms with Crippen molar-refractivity contribution in [2.24, 2.45) is 7.05 Å². The highest BCUT2D eigenvalue weighted by molar-refractivity contribution is 6.10. The van der Waals surface area contributed by atoms with Crippen molar-refractivity contribution < 1.29 is 0 Å². The Morgan fingerprint density at radius 1 is 0.475 bits per heavy atom. The fourth-order valence-electron chi connectivity index (χ4n) is 6.54. The van der Waals surface area contributed by atoms with Crippen LogP contribution in [0.15, 0.2) is 133 Å². The molecule has 190 valence electrons. The van der Waals surface area contributed by atoms with Crippen LogP contribution in [0.1, 0.15) is 22.3 Å². The molecule has 6 aromatic carbocycles. The van der Waals surface area contributed by atoms with E-state index in [0.29, 0.717) is 0 Å². The number of hydrogen-bond donors (Lipinski definition) is 0. The largest absolute Gasteiger partial charge is 0.344 e. The highest BCUT2D eigenvalue weighted by atomic mass is 14.9. The molecule has 1 nitrogen and oxygen atoms in total. The Morgan fingerprint density at radius 2 is 1.12 bits per heavy atom. The molecule has 0 radical (unpaired) electrons. The molecule has 1 aliphatic carbocycles. The molecule has 8 rings (SSSR count). The predicted octanol–water partition coefficient (Wildman–Crippen LogP) is 9.83. The van der Waals surface area contributed by atoms with Crippen molar-refractivity contribution in [2.75, 3.05) is 0 Å². The molecule has 0 unspecified atom stereocenters. The summed E-state index contributed by atoms with van der Waals surface area (Å²) in [7, 11) is 2.18. The summed E-state index contributed by atoms with van der Waals surface area (Å²) in [6, 6.07) is 49.3. The zero-order valence-corrected chi connectivity index (χ0v) is 22.6. The van der Waals surface area contributed by atoms with Crippen molar-refractivity contribution in [3.63, 3.8) is 0 Å². The van der Waals surface area contributed by atoms with E-state index in [-0.39, 0.29) is 0 Å². The molecule has 0 fully saturated rings. The van der Waals surface area contributed by atoms with Gasteiger partial charge in [0.1, 0.15) is 0 Å². The van der Waals surface area contributed by atoms with Crippen LogP contribution in [0.3, 0.4) is 0 Å². The topological polar surface area (TPSA) is 4.93 Å². The summed E-state index contributed by atoms with van der Waals surface area (Å²) >= 11 is 0. The second kappa shape index (κ2) is 9.10. The Morgan fingerprint density at radius 3 is 2.00 bits per heavy atom. The van der Waals surface area contributed by atoms with Crippen LogP contribution in [0.2, 0.25) is 0 Å². The van der Waals surface area contributed by atoms with Crippen molar-refractivity contribution in [1.82, 2.24) is 4.57 Å². The zero-order chi connectivity index (χ0) is 26.6. The fraction of sp³-hybridized carbons (Fsp3) is 0.0769. The van der Waals surface area contributed by atoms with Crippen molar-refractivity contribution in [2.45, 2.75) is 12.8 Å². The lowest BCUT2D eigenvalue weighted by Crippen LogP contribution is -1.89. The molecule has 0 aliphatic heterocycles. The molecule has 0 N–H and O–H groups in total. The second-order valence-electron chi connectivity index (χ2n) is 11.1. The lowest BCUT2D eigenvalue weighted by molar-refractivity contribution is 1.01. The van der Waals surface area contributed by atoms with Gasteiger partial charge in [0.2, 0.25) is 0 Å². The average molecular weight is 512 g/mol. The lowest BCUT2D eigenvalue weighted by Gasteiger charge is -2.07. The van der Waals surface area contributed by atoms with Crippen LogP contribution >= 0.6 is 0 Å². The molecule has 1 aliphatic rings. The molecule has 1 heterocycles. The smallest absolute Gasteiger partial charge is 0.0494 e. The van der Waals surface area contributed by atoms with E-state index in [4.69, 9.17) is 0 Å². The molecule has 0 amide bonds. The Kier molecular flexibility index (Phi) is 5.24. The van der Waals surface area contributed by atoms with Gasteiger partial charge in [-0.25, -0.2) is 0 Å². The summed E-state index contributed by atoms with van der Waals surface area (Å²) < 4.78 is 2.33. The maximum absolute atomic E-state index is 2.39. The molecule has 0 atom stereocenters. The molecule has 7 aromatic rings. The number of hydrogen-bond acceptors (Lipinski definition) is 0. The summed E-state index contributed by atoms with van der Waals surface area (Å²) in [6.07, 6.45) is 1.98. The second-order valence-corrected chi connectivity index (χ2v) is 11.1. The number of aromatic nitrogens is 1. The molecule has 0 spiro atoms. The first-order valence-corrected chi connectivity index (χ1v) is 14.1. The Balaban J connectivity index is 1.13.